The zero-order valence-corrected chi connectivity index (χ0v) is 21.9. The van der Waals surface area contributed by atoms with Crippen LogP contribution in [0.3, 0.4) is 0 Å². The molecule has 2 aromatic rings. The maximum absolute atomic E-state index is 13.9. The van der Waals surface area contributed by atoms with Crippen molar-refractivity contribution < 1.29 is 37.1 Å². The number of anilines is 2. The Hall–Kier alpha value is -3.36. The first kappa shape index (κ1) is 29.2. The number of nitrogens with one attached hydrogen (secondary N) is 4. The van der Waals surface area contributed by atoms with E-state index in [9.17, 15) is 32.3 Å². The average Bonchev–Trinajstić information content (AvgIpc) is 3.27. The van der Waals surface area contributed by atoms with E-state index in [2.05, 4.69) is 21.3 Å². The van der Waals surface area contributed by atoms with Gasteiger partial charge in [-0.3, -0.25) is 14.4 Å². The number of hydrogen-bond donors (Lipinski definition) is 4. The highest BCUT2D eigenvalue weighted by molar-refractivity contribution is 7.18. The first-order valence-electron chi connectivity index (χ1n) is 11.4. The minimum atomic E-state index is -4.88. The molecule has 1 fully saturated rings. The zero-order chi connectivity index (χ0) is 28.0. The molecular weight excluding hydrogens is 551 g/mol. The molecule has 0 spiro atoms. The summed E-state index contributed by atoms with van der Waals surface area (Å²) in [7, 11) is 0. The monoisotopic (exact) mass is 575 g/mol. The number of halogens is 4. The number of carbonyl (C=O) groups is 4. The van der Waals surface area contributed by atoms with Crippen LogP contribution in [0.25, 0.3) is 0 Å². The first-order chi connectivity index (χ1) is 17.8. The number of nitrogens with zero attached hydrogens (tertiary/aromatic N) is 1. The summed E-state index contributed by atoms with van der Waals surface area (Å²) in [6, 6.07) is 3.53. The molecule has 4 N–H and O–H groups in total. The van der Waals surface area contributed by atoms with Crippen LogP contribution < -0.4 is 26.2 Å². The normalized spacial score (nSPS) is 14.7. The third-order valence-electron chi connectivity index (χ3n) is 5.17. The van der Waals surface area contributed by atoms with Crippen LogP contribution in [0.15, 0.2) is 30.3 Å². The maximum atomic E-state index is 13.9. The second kappa shape index (κ2) is 12.5. The molecule has 38 heavy (non-hydrogen) atoms. The highest BCUT2D eigenvalue weighted by Crippen LogP contribution is 2.37. The number of ether oxygens (including phenoxy) is 1. The summed E-state index contributed by atoms with van der Waals surface area (Å²) in [4.78, 5) is 51.2. The van der Waals surface area contributed by atoms with E-state index in [0.717, 1.165) is 28.4 Å². The van der Waals surface area contributed by atoms with Gasteiger partial charge in [-0.1, -0.05) is 11.6 Å². The molecule has 2 heterocycles. The van der Waals surface area contributed by atoms with Gasteiger partial charge < -0.3 is 30.9 Å². The Morgan fingerprint density at radius 3 is 2.50 bits per heavy atom. The number of hydrogen-bond acceptors (Lipinski definition) is 6. The Morgan fingerprint density at radius 2 is 1.89 bits per heavy atom. The Morgan fingerprint density at radius 1 is 1.16 bits per heavy atom. The summed E-state index contributed by atoms with van der Waals surface area (Å²) in [5.74, 6) is -2.08. The molecule has 0 unspecified atom stereocenters. The van der Waals surface area contributed by atoms with Gasteiger partial charge in [-0.25, -0.2) is 4.79 Å². The zero-order valence-electron chi connectivity index (χ0n) is 20.3. The number of morpholine rings is 1. The highest BCUT2D eigenvalue weighted by atomic mass is 35.5. The smallest absolute Gasteiger partial charge is 0.370 e. The molecule has 3 rings (SSSR count). The molecule has 206 valence electrons. The second-order valence-corrected chi connectivity index (χ2v) is 10.2. The van der Waals surface area contributed by atoms with Crippen molar-refractivity contribution in [2.24, 2.45) is 0 Å². The summed E-state index contributed by atoms with van der Waals surface area (Å²) < 4.78 is 47.1. The highest BCUT2D eigenvalue weighted by Gasteiger charge is 2.36. The lowest BCUT2D eigenvalue weighted by atomic mass is 10.1. The van der Waals surface area contributed by atoms with E-state index in [0.29, 0.717) is 4.34 Å². The number of urea groups is 1. The molecule has 0 radical (unpaired) electrons. The third kappa shape index (κ3) is 7.82. The molecule has 1 aliphatic heterocycles. The maximum Gasteiger partial charge on any atom is 0.418 e. The summed E-state index contributed by atoms with van der Waals surface area (Å²) in [5.41, 5.74) is -1.78. The van der Waals surface area contributed by atoms with Gasteiger partial charge in [-0.05, 0) is 44.2 Å². The van der Waals surface area contributed by atoms with Crippen molar-refractivity contribution in [1.82, 2.24) is 16.0 Å². The molecule has 1 aromatic carbocycles. The van der Waals surface area contributed by atoms with E-state index in [4.69, 9.17) is 16.3 Å². The van der Waals surface area contributed by atoms with E-state index >= 15 is 0 Å². The van der Waals surface area contributed by atoms with Crippen LogP contribution in [0.2, 0.25) is 4.34 Å². The molecule has 0 bridgehead atoms. The lowest BCUT2D eigenvalue weighted by molar-refractivity contribution is -0.137. The van der Waals surface area contributed by atoms with Crippen LogP contribution in [0, 0.1) is 0 Å². The Balaban J connectivity index is 1.82. The topological polar surface area (TPSA) is 129 Å². The van der Waals surface area contributed by atoms with E-state index in [-0.39, 0.29) is 36.4 Å². The van der Waals surface area contributed by atoms with Crippen LogP contribution >= 0.6 is 22.9 Å². The first-order valence-corrected chi connectivity index (χ1v) is 12.6. The molecule has 0 aliphatic carbocycles. The van der Waals surface area contributed by atoms with Crippen LogP contribution in [-0.4, -0.2) is 62.1 Å². The fraction of sp³-hybridized carbons (Fsp3) is 0.391. The van der Waals surface area contributed by atoms with Gasteiger partial charge in [0.25, 0.3) is 11.8 Å². The van der Waals surface area contributed by atoms with Gasteiger partial charge in [0, 0.05) is 24.8 Å². The van der Waals surface area contributed by atoms with Crippen molar-refractivity contribution in [3.8, 4) is 0 Å². The van der Waals surface area contributed by atoms with Crippen LogP contribution in [-0.2, 0) is 20.5 Å². The van der Waals surface area contributed by atoms with Crippen molar-refractivity contribution in [1.29, 1.82) is 0 Å². The molecule has 1 atom stereocenters. The molecule has 1 aliphatic rings. The number of alkyl halides is 3. The molecule has 1 aromatic heterocycles. The van der Waals surface area contributed by atoms with Gasteiger partial charge in [-0.15, -0.1) is 11.3 Å². The van der Waals surface area contributed by atoms with E-state index < -0.39 is 53.8 Å². The number of amides is 5. The SMILES string of the molecule is CC(C)NC(=O)N[C@@H](CNC(=O)c1ccc(Cl)s1)C(=O)Nc1ccc(N2CCOCC2=O)cc1C(F)(F)F. The Bertz CT molecular complexity index is 1210. The lowest BCUT2D eigenvalue weighted by Crippen LogP contribution is -2.54. The van der Waals surface area contributed by atoms with Crippen LogP contribution in [0.1, 0.15) is 29.1 Å². The number of rotatable bonds is 8. The molecule has 15 heteroatoms. The summed E-state index contributed by atoms with van der Waals surface area (Å²) in [6.07, 6.45) is -4.88. The van der Waals surface area contributed by atoms with Crippen LogP contribution in [0.4, 0.5) is 29.3 Å². The minimum absolute atomic E-state index is 0.00326. The van der Waals surface area contributed by atoms with Gasteiger partial charge >= 0.3 is 12.2 Å². The van der Waals surface area contributed by atoms with Gasteiger partial charge in [0.1, 0.15) is 12.6 Å². The van der Waals surface area contributed by atoms with Crippen LogP contribution in [0.5, 0.6) is 0 Å². The number of thiophene rings is 1. The van der Waals surface area contributed by atoms with Crippen molar-refractivity contribution >= 4 is 58.1 Å². The molecule has 10 nitrogen and oxygen atoms in total. The summed E-state index contributed by atoms with van der Waals surface area (Å²) in [6.45, 7) is 2.91. The quantitative estimate of drug-likeness (QED) is 0.384. The second-order valence-electron chi connectivity index (χ2n) is 8.45. The van der Waals surface area contributed by atoms with Crippen molar-refractivity contribution in [3.63, 3.8) is 0 Å². The van der Waals surface area contributed by atoms with E-state index in [1.807, 2.05) is 0 Å². The number of benzene rings is 1. The summed E-state index contributed by atoms with van der Waals surface area (Å²) >= 11 is 6.83. The van der Waals surface area contributed by atoms with Gasteiger partial charge in [-0.2, -0.15) is 13.2 Å². The number of carbonyl (C=O) groups excluding carboxylic acids is 4. The average molecular weight is 576 g/mol. The standard InChI is InChI=1S/C23H25ClF3N5O5S/c1-12(2)29-22(36)31-16(10-28-21(35)17-5-6-18(24)38-17)20(34)30-15-4-3-13(9-14(15)23(25,26)27)32-7-8-37-11-19(32)33/h3-6,9,12,16H,7-8,10-11H2,1-2H3,(H,28,35)(H,30,34)(H2,29,31,36)/t16-/m0/s1. The van der Waals surface area contributed by atoms with Gasteiger partial charge in [0.05, 0.1) is 27.1 Å². The predicted molar refractivity (Wildman–Crippen MR) is 135 cm³/mol. The van der Waals surface area contributed by atoms with Gasteiger partial charge in [0.2, 0.25) is 5.91 Å². The Kier molecular flexibility index (Phi) is 9.57. The lowest BCUT2D eigenvalue weighted by Gasteiger charge is -2.28. The molecule has 1 saturated heterocycles. The summed E-state index contributed by atoms with van der Waals surface area (Å²) in [5, 5.41) is 9.53. The van der Waals surface area contributed by atoms with E-state index in [1.165, 1.54) is 18.2 Å². The van der Waals surface area contributed by atoms with Gasteiger partial charge in [0.15, 0.2) is 0 Å². The minimum Gasteiger partial charge on any atom is -0.370 e. The largest absolute Gasteiger partial charge is 0.418 e. The molecular formula is C23H25ClF3N5O5S. The van der Waals surface area contributed by atoms with Crippen molar-refractivity contribution in [2.75, 3.05) is 36.5 Å². The predicted octanol–water partition coefficient (Wildman–Crippen LogP) is 3.23. The third-order valence-corrected chi connectivity index (χ3v) is 6.40. The molecule has 5 amide bonds. The molecule has 0 saturated carbocycles. The van der Waals surface area contributed by atoms with Crippen molar-refractivity contribution in [3.05, 3.63) is 45.1 Å². The Labute approximate surface area is 224 Å². The fourth-order valence-corrected chi connectivity index (χ4v) is 4.40. The van der Waals surface area contributed by atoms with Crippen molar-refractivity contribution in [2.45, 2.75) is 32.1 Å². The fourth-order valence-electron chi connectivity index (χ4n) is 3.44. The van der Waals surface area contributed by atoms with E-state index in [1.54, 1.807) is 13.8 Å².